The van der Waals surface area contributed by atoms with Crippen LogP contribution in [0.3, 0.4) is 0 Å². The van der Waals surface area contributed by atoms with Crippen LogP contribution in [0.1, 0.15) is 200 Å². The van der Waals surface area contributed by atoms with Gasteiger partial charge in [-0.05, 0) is 106 Å². The number of amides is 2. The molecule has 2 amide bonds. The van der Waals surface area contributed by atoms with Crippen LogP contribution in [0.15, 0.2) is 0 Å². The number of hydrogen-bond acceptors (Lipinski definition) is 10. The van der Waals surface area contributed by atoms with Gasteiger partial charge in [0.05, 0.1) is 32.7 Å². The first kappa shape index (κ1) is 69.0. The van der Waals surface area contributed by atoms with Gasteiger partial charge in [-0.3, -0.25) is 24.0 Å². The summed E-state index contributed by atoms with van der Waals surface area (Å²) in [5.74, 6) is 4.40. The maximum Gasteiger partial charge on any atom is 0.303 e. The number of nitrogens with zero attached hydrogens (tertiary/aromatic N) is 2. The molecule has 4 saturated heterocycles. The number of nitrogens with two attached hydrogens (primary N) is 1. The van der Waals surface area contributed by atoms with Gasteiger partial charge in [0.1, 0.15) is 0 Å². The fourth-order valence-electron chi connectivity index (χ4n) is 9.85. The highest BCUT2D eigenvalue weighted by molar-refractivity contribution is 5.81. The Kier molecular flexibility index (Phi) is 43.2. The van der Waals surface area contributed by atoms with Crippen molar-refractivity contribution in [3.05, 3.63) is 0 Å². The van der Waals surface area contributed by atoms with E-state index in [9.17, 15) is 33.9 Å². The molecular weight excluding hydrogens is 865 g/mol. The molecule has 4 fully saturated rings. The van der Waals surface area contributed by atoms with Crippen molar-refractivity contribution >= 4 is 35.7 Å². The van der Waals surface area contributed by atoms with Gasteiger partial charge in [0, 0.05) is 70.7 Å². The first-order valence-corrected chi connectivity index (χ1v) is 26.3. The van der Waals surface area contributed by atoms with Gasteiger partial charge in [-0.15, -0.1) is 0 Å². The van der Waals surface area contributed by atoms with Crippen molar-refractivity contribution in [1.29, 1.82) is 0 Å². The molecule has 0 aromatic heterocycles. The number of nitrogens with one attached hydrogen (secondary N) is 1. The third-order valence-corrected chi connectivity index (χ3v) is 14.4. The molecule has 4 heterocycles. The molecule has 4 aliphatic heterocycles. The van der Waals surface area contributed by atoms with Crippen molar-refractivity contribution in [2.45, 2.75) is 200 Å². The number of quaternary nitrogens is 1. The number of esters is 2. The van der Waals surface area contributed by atoms with E-state index >= 15 is 0 Å². The molecule has 402 valence electrons. The fraction of sp³-hybridized carbons (Fsp3) is 0.889. The van der Waals surface area contributed by atoms with Crippen molar-refractivity contribution < 1.29 is 53.8 Å². The number of carboxylic acid groups (broad SMARTS) is 2. The van der Waals surface area contributed by atoms with Crippen LogP contribution in [0.25, 0.3) is 0 Å². The molecule has 0 bridgehead atoms. The highest BCUT2D eigenvalue weighted by Crippen LogP contribution is 2.30. The molecule has 68 heavy (non-hydrogen) atoms. The van der Waals surface area contributed by atoms with Crippen LogP contribution >= 0.6 is 0 Å². The Morgan fingerprint density at radius 1 is 0.500 bits per heavy atom. The van der Waals surface area contributed by atoms with Crippen molar-refractivity contribution in [2.75, 3.05) is 65.6 Å². The van der Waals surface area contributed by atoms with E-state index in [2.05, 4.69) is 75.7 Å². The van der Waals surface area contributed by atoms with Crippen LogP contribution in [0, 0.1) is 47.3 Å². The highest BCUT2D eigenvalue weighted by atomic mass is 16.5. The number of ether oxygens (including phenoxy) is 2. The third-order valence-electron chi connectivity index (χ3n) is 14.4. The van der Waals surface area contributed by atoms with Crippen molar-refractivity contribution in [3.63, 3.8) is 0 Å². The SMILES string of the molecule is C.C.CC(=O)OCCCCCC(=O)[O-].CCC1CN(C(=O)CCC(=O)O)CC1CC.CCC1CN(C(=O)CCCCCOC(C)=O)CC1CC.CCC1CNCC1CC.CCC1C[NH2+]CC1CC. The number of rotatable bonds is 23. The van der Waals surface area contributed by atoms with Crippen LogP contribution in [0.5, 0.6) is 0 Å². The van der Waals surface area contributed by atoms with Gasteiger partial charge >= 0.3 is 17.9 Å². The molecule has 8 unspecified atom stereocenters. The Bertz CT molecular complexity index is 1250. The molecule has 0 radical (unpaired) electrons. The van der Waals surface area contributed by atoms with Crippen molar-refractivity contribution in [1.82, 2.24) is 15.1 Å². The van der Waals surface area contributed by atoms with Gasteiger partial charge in [0.15, 0.2) is 0 Å². The molecule has 4 aliphatic rings. The summed E-state index contributed by atoms with van der Waals surface area (Å²) < 4.78 is 9.52. The van der Waals surface area contributed by atoms with E-state index in [1.54, 1.807) is 0 Å². The molecule has 4 N–H and O–H groups in total. The molecule has 0 spiro atoms. The molecule has 0 aromatic rings. The molecule has 0 aliphatic carbocycles. The maximum atomic E-state index is 12.1. The van der Waals surface area contributed by atoms with Gasteiger partial charge in [0.25, 0.3) is 0 Å². The zero-order chi connectivity index (χ0) is 49.9. The van der Waals surface area contributed by atoms with Gasteiger partial charge in [0.2, 0.25) is 11.8 Å². The van der Waals surface area contributed by atoms with E-state index in [1.165, 1.54) is 78.6 Å². The minimum absolute atomic E-state index is 0. The summed E-state index contributed by atoms with van der Waals surface area (Å²) in [6.45, 7) is 30.4. The van der Waals surface area contributed by atoms with Crippen LogP contribution in [0.2, 0.25) is 0 Å². The Labute approximate surface area is 415 Å². The highest BCUT2D eigenvalue weighted by Gasteiger charge is 2.34. The zero-order valence-corrected chi connectivity index (χ0v) is 43.5. The third kappa shape index (κ3) is 31.1. The standard InChI is InChI=1S/C16H29NO3.C12H21NO3.2C8H17N.C8H14O4.2CH4/c1-4-14-11-17(12-15(14)5-2)16(19)9-7-6-8-10-20-13(3)18;1-3-9-7-13(8-10(9)4-2)11(14)5-6-12(15)16;2*1-3-7-5-9-6-8(7)4-2;1-7(9)12-6-4-2-3-5-8(10)11;;/h14-15H,4-12H2,1-3H3;9-10H,3-8H2,1-2H3,(H,15,16);2*7-9H,3-6H2,1-2H3;2-6H2,1H3,(H,10,11);2*1H4. The number of hydrogen-bond donors (Lipinski definition) is 3. The lowest BCUT2D eigenvalue weighted by Crippen LogP contribution is -2.81. The first-order chi connectivity index (χ1) is 31.5. The number of carboxylic acids is 2. The Hall–Kier alpha value is -3.26. The maximum absolute atomic E-state index is 12.1. The average Bonchev–Trinajstić information content (AvgIpc) is 4.14. The second kappa shape index (κ2) is 42.6. The quantitative estimate of drug-likeness (QED) is 0.0660. The topological polar surface area (TPSA) is 199 Å². The van der Waals surface area contributed by atoms with E-state index in [-0.39, 0.29) is 52.0 Å². The number of aliphatic carboxylic acids is 2. The van der Waals surface area contributed by atoms with E-state index in [0.29, 0.717) is 62.1 Å². The molecule has 14 nitrogen and oxygen atoms in total. The summed E-state index contributed by atoms with van der Waals surface area (Å²) in [5, 5.41) is 24.4. The van der Waals surface area contributed by atoms with Crippen LogP contribution in [-0.4, -0.2) is 116 Å². The predicted molar refractivity (Wildman–Crippen MR) is 273 cm³/mol. The largest absolute Gasteiger partial charge is 0.550 e. The molecule has 0 saturated carbocycles. The Morgan fingerprint density at radius 2 is 0.838 bits per heavy atom. The summed E-state index contributed by atoms with van der Waals surface area (Å²) in [6.07, 6.45) is 15.6. The van der Waals surface area contributed by atoms with Crippen molar-refractivity contribution in [3.8, 4) is 0 Å². The Morgan fingerprint density at radius 3 is 1.15 bits per heavy atom. The number of unbranched alkanes of at least 4 members (excludes halogenated alkanes) is 4. The minimum atomic E-state index is -1.03. The lowest BCUT2D eigenvalue weighted by Gasteiger charge is -2.16. The summed E-state index contributed by atoms with van der Waals surface area (Å²) in [6, 6.07) is 0. The normalized spacial score (nSPS) is 23.3. The smallest absolute Gasteiger partial charge is 0.303 e. The summed E-state index contributed by atoms with van der Waals surface area (Å²) in [5.41, 5.74) is 0. The van der Waals surface area contributed by atoms with Crippen molar-refractivity contribution in [2.24, 2.45) is 47.3 Å². The summed E-state index contributed by atoms with van der Waals surface area (Å²) in [4.78, 5) is 69.0. The lowest BCUT2D eigenvalue weighted by molar-refractivity contribution is -0.640. The van der Waals surface area contributed by atoms with Crippen LogP contribution in [0.4, 0.5) is 0 Å². The molecule has 8 atom stereocenters. The van der Waals surface area contributed by atoms with Gasteiger partial charge in [-0.2, -0.15) is 0 Å². The average molecular weight is 971 g/mol. The number of carbonyl (C=O) groups excluding carboxylic acids is 5. The molecule has 0 aromatic carbocycles. The van der Waals surface area contributed by atoms with Crippen LogP contribution in [-0.2, 0) is 38.2 Å². The zero-order valence-electron chi connectivity index (χ0n) is 43.5. The summed E-state index contributed by atoms with van der Waals surface area (Å²) >= 11 is 0. The van der Waals surface area contributed by atoms with Crippen LogP contribution < -0.4 is 15.7 Å². The monoisotopic (exact) mass is 971 g/mol. The minimum Gasteiger partial charge on any atom is -0.550 e. The van der Waals surface area contributed by atoms with Gasteiger partial charge in [-0.1, -0.05) is 109 Å². The van der Waals surface area contributed by atoms with Gasteiger partial charge in [-0.25, -0.2) is 0 Å². The molecule has 14 heteroatoms. The molecule has 4 rings (SSSR count). The fourth-order valence-corrected chi connectivity index (χ4v) is 9.85. The lowest BCUT2D eigenvalue weighted by atomic mass is 9.92. The van der Waals surface area contributed by atoms with E-state index in [1.807, 2.05) is 4.90 Å². The number of carbonyl (C=O) groups is 6. The number of likely N-dealkylation sites (tertiary alicyclic amines) is 2. The predicted octanol–water partition coefficient (Wildman–Crippen LogP) is 8.14. The molecular formula is C54H106N4O10. The van der Waals surface area contributed by atoms with E-state index in [0.717, 1.165) is 88.4 Å². The Balaban J connectivity index is -0.000000797. The second-order valence-electron chi connectivity index (χ2n) is 18.9. The first-order valence-electron chi connectivity index (χ1n) is 26.3. The second-order valence-corrected chi connectivity index (χ2v) is 18.9. The van der Waals surface area contributed by atoms with E-state index < -0.39 is 11.9 Å². The summed E-state index contributed by atoms with van der Waals surface area (Å²) in [7, 11) is 0. The van der Waals surface area contributed by atoms with Gasteiger partial charge < -0.3 is 44.9 Å². The van der Waals surface area contributed by atoms with E-state index in [4.69, 9.17) is 9.84 Å².